The van der Waals surface area contributed by atoms with E-state index in [-0.39, 0.29) is 19.8 Å². The summed E-state index contributed by atoms with van der Waals surface area (Å²) in [6.45, 7) is 1.28. The van der Waals surface area contributed by atoms with Crippen LogP contribution in [0.3, 0.4) is 0 Å². The molecule has 0 radical (unpaired) electrons. The molecule has 2 aromatic rings. The molecule has 0 spiro atoms. The predicted octanol–water partition coefficient (Wildman–Crippen LogP) is 2.15. The number of oxime groups is 1. The minimum absolute atomic E-state index is 0.101. The Morgan fingerprint density at radius 1 is 1.16 bits per heavy atom. The van der Waals surface area contributed by atoms with Crippen molar-refractivity contribution in [3.05, 3.63) is 64.2 Å². The van der Waals surface area contributed by atoms with Crippen molar-refractivity contribution in [2.45, 2.75) is 43.0 Å². The van der Waals surface area contributed by atoms with Gasteiger partial charge < -0.3 is 43.8 Å². The summed E-state index contributed by atoms with van der Waals surface area (Å²) in [5, 5.41) is 36.4. The molecule has 0 aromatic heterocycles. The highest BCUT2D eigenvalue weighted by molar-refractivity contribution is 6.31. The third kappa shape index (κ3) is 5.58. The molecule has 5 unspecified atom stereocenters. The molecule has 206 valence electrons. The van der Waals surface area contributed by atoms with Gasteiger partial charge in [0.15, 0.2) is 5.60 Å². The van der Waals surface area contributed by atoms with Crippen molar-refractivity contribution in [1.82, 2.24) is 0 Å². The number of aliphatic hydroxyl groups excluding tert-OH is 3. The van der Waals surface area contributed by atoms with Crippen LogP contribution < -0.4 is 4.74 Å². The molecule has 38 heavy (non-hydrogen) atoms. The lowest BCUT2D eigenvalue weighted by Gasteiger charge is -2.46. The molecule has 0 amide bonds. The molecule has 2 heterocycles. The zero-order chi connectivity index (χ0) is 27.3. The Labute approximate surface area is 224 Å². The number of carbonyl (C=O) groups is 1. The summed E-state index contributed by atoms with van der Waals surface area (Å²) < 4.78 is 27.4. The van der Waals surface area contributed by atoms with Gasteiger partial charge in [0, 0.05) is 10.6 Å². The van der Waals surface area contributed by atoms with Crippen LogP contribution in [0.2, 0.25) is 5.02 Å². The molecule has 12 heteroatoms. The van der Waals surface area contributed by atoms with Crippen molar-refractivity contribution in [1.29, 1.82) is 0 Å². The Morgan fingerprint density at radius 3 is 2.63 bits per heavy atom. The molecule has 0 aliphatic carbocycles. The minimum atomic E-state index is -1.82. The number of halogens is 1. The summed E-state index contributed by atoms with van der Waals surface area (Å²) in [4.78, 5) is 16.3. The average Bonchev–Trinajstić information content (AvgIpc) is 3.30. The van der Waals surface area contributed by atoms with Crippen LogP contribution >= 0.6 is 11.6 Å². The van der Waals surface area contributed by atoms with E-state index in [1.165, 1.54) is 13.3 Å². The summed E-state index contributed by atoms with van der Waals surface area (Å²) in [5.41, 5.74) is 0.407. The first-order valence-corrected chi connectivity index (χ1v) is 12.4. The maximum atomic E-state index is 11.7. The fourth-order valence-corrected chi connectivity index (χ4v) is 4.67. The van der Waals surface area contributed by atoms with Gasteiger partial charge in [-0.25, -0.2) is 4.79 Å². The molecule has 3 N–H and O–H groups in total. The Bertz CT molecular complexity index is 1150. The van der Waals surface area contributed by atoms with Crippen LogP contribution in [0, 0.1) is 0 Å². The smallest absolute Gasteiger partial charge is 0.488 e. The Kier molecular flexibility index (Phi) is 8.76. The minimum Gasteiger partial charge on any atom is -0.488 e. The van der Waals surface area contributed by atoms with E-state index in [9.17, 15) is 20.1 Å². The van der Waals surface area contributed by atoms with E-state index in [1.807, 2.05) is 24.3 Å². The number of aliphatic hydroxyl groups is 3. The Hall–Kier alpha value is -2.93. The molecule has 2 bridgehead atoms. The maximum absolute atomic E-state index is 11.7. The monoisotopic (exact) mass is 551 g/mol. The number of benzene rings is 2. The van der Waals surface area contributed by atoms with Crippen molar-refractivity contribution < 1.29 is 48.6 Å². The molecule has 4 rings (SSSR count). The molecule has 2 aliphatic heterocycles. The van der Waals surface area contributed by atoms with Crippen LogP contribution in [0.4, 0.5) is 4.79 Å². The molecule has 2 fully saturated rings. The maximum Gasteiger partial charge on any atom is 0.508 e. The highest BCUT2D eigenvalue weighted by Crippen LogP contribution is 2.50. The number of ether oxygens (including phenoxy) is 5. The van der Waals surface area contributed by atoms with E-state index in [0.29, 0.717) is 28.3 Å². The van der Waals surface area contributed by atoms with E-state index < -0.39 is 42.5 Å². The van der Waals surface area contributed by atoms with Gasteiger partial charge in [0.05, 0.1) is 19.4 Å². The Morgan fingerprint density at radius 2 is 1.92 bits per heavy atom. The van der Waals surface area contributed by atoms with E-state index in [0.717, 1.165) is 5.56 Å². The first-order chi connectivity index (χ1) is 18.2. The summed E-state index contributed by atoms with van der Waals surface area (Å²) in [6, 6.07) is 12.4. The normalized spacial score (nSPS) is 28.3. The van der Waals surface area contributed by atoms with Crippen LogP contribution in [0.5, 0.6) is 5.75 Å². The number of nitrogens with zero attached hydrogens (tertiary/aromatic N) is 1. The summed E-state index contributed by atoms with van der Waals surface area (Å²) in [5.74, 6) is -1.17. The largest absolute Gasteiger partial charge is 0.508 e. The van der Waals surface area contributed by atoms with Gasteiger partial charge in [-0.05, 0) is 48.7 Å². The van der Waals surface area contributed by atoms with Gasteiger partial charge in [-0.3, -0.25) is 0 Å². The second kappa shape index (κ2) is 11.9. The second-order valence-corrected chi connectivity index (χ2v) is 9.29. The van der Waals surface area contributed by atoms with Crippen molar-refractivity contribution in [3.63, 3.8) is 0 Å². The van der Waals surface area contributed by atoms with Crippen LogP contribution in [0.15, 0.2) is 47.6 Å². The van der Waals surface area contributed by atoms with Gasteiger partial charge in [-0.1, -0.05) is 35.0 Å². The van der Waals surface area contributed by atoms with Crippen LogP contribution in [-0.2, 0) is 36.0 Å². The highest BCUT2D eigenvalue weighted by Gasteiger charge is 2.67. The van der Waals surface area contributed by atoms with Gasteiger partial charge in [0.25, 0.3) is 0 Å². The van der Waals surface area contributed by atoms with E-state index in [2.05, 4.69) is 9.99 Å². The van der Waals surface area contributed by atoms with Crippen molar-refractivity contribution in [3.8, 4) is 5.75 Å². The highest BCUT2D eigenvalue weighted by atomic mass is 35.5. The van der Waals surface area contributed by atoms with E-state index >= 15 is 0 Å². The number of rotatable bonds is 10. The first-order valence-electron chi connectivity index (χ1n) is 12.0. The fourth-order valence-electron chi connectivity index (χ4n) is 4.49. The molecule has 0 saturated carbocycles. The molecule has 2 aliphatic rings. The van der Waals surface area contributed by atoms with Gasteiger partial charge >= 0.3 is 6.16 Å². The lowest BCUT2D eigenvalue weighted by atomic mass is 9.83. The van der Waals surface area contributed by atoms with Crippen LogP contribution in [0.25, 0.3) is 0 Å². The van der Waals surface area contributed by atoms with Crippen LogP contribution in [0.1, 0.15) is 23.6 Å². The molecular formula is C26H30ClNO10. The molecule has 11 nitrogen and oxygen atoms in total. The quantitative estimate of drug-likeness (QED) is 0.228. The number of carbonyl (C=O) groups excluding carboxylic acids is 1. The lowest BCUT2D eigenvalue weighted by molar-refractivity contribution is -0.329. The summed E-state index contributed by atoms with van der Waals surface area (Å²) >= 11 is 6.49. The van der Waals surface area contributed by atoms with Gasteiger partial charge in [0.2, 0.25) is 5.79 Å². The van der Waals surface area contributed by atoms with E-state index in [4.69, 9.17) is 35.3 Å². The molecule has 5 atom stereocenters. The Balaban J connectivity index is 1.54. The molecular weight excluding hydrogens is 522 g/mol. The number of hydrogen-bond donors (Lipinski definition) is 3. The zero-order valence-electron chi connectivity index (χ0n) is 20.9. The predicted molar refractivity (Wildman–Crippen MR) is 134 cm³/mol. The first kappa shape index (κ1) is 28.1. The summed E-state index contributed by atoms with van der Waals surface area (Å²) in [7, 11) is 1.45. The fraction of sp³-hybridized carbons (Fsp3) is 0.462. The topological polar surface area (TPSA) is 146 Å². The summed E-state index contributed by atoms with van der Waals surface area (Å²) in [6.07, 6.45) is -3.88. The van der Waals surface area contributed by atoms with Crippen molar-refractivity contribution in [2.24, 2.45) is 5.16 Å². The average molecular weight is 552 g/mol. The third-order valence-corrected chi connectivity index (χ3v) is 6.80. The zero-order valence-corrected chi connectivity index (χ0v) is 21.7. The van der Waals surface area contributed by atoms with Gasteiger partial charge in [-0.2, -0.15) is 0 Å². The van der Waals surface area contributed by atoms with Gasteiger partial charge in [-0.15, -0.1) is 0 Å². The second-order valence-electron chi connectivity index (χ2n) is 8.88. The number of fused-ring (bicyclic) bond motifs is 2. The standard InChI is InChI=1S/C26H30ClNO10/c1-3-34-24(32)36-14-25-15-37-26(38-25,23(31)21(29)22(25)30)18-6-9-20(27)17(13-18)12-16-4-7-19(8-5-16)35-11-10-28-33-2/h4-10,13,21-23,29-31H,3,11-12,14-15H2,1-2H3. The number of hydrogen-bond acceptors (Lipinski definition) is 11. The van der Waals surface area contributed by atoms with Crippen molar-refractivity contribution >= 4 is 24.0 Å². The third-order valence-electron chi connectivity index (χ3n) is 6.43. The molecule has 2 saturated heterocycles. The lowest BCUT2D eigenvalue weighted by Crippen LogP contribution is -2.65. The van der Waals surface area contributed by atoms with Crippen molar-refractivity contribution in [2.75, 3.05) is 33.5 Å². The SMILES string of the molecule is CCOC(=O)OCC12COC(c3ccc(Cl)c(Cc4ccc(OCC=NOC)cc4)c3)(O1)C(O)C(O)C2O. The van der Waals surface area contributed by atoms with Crippen LogP contribution in [-0.4, -0.2) is 85.1 Å². The molecule has 2 aromatic carbocycles. The van der Waals surface area contributed by atoms with Gasteiger partial charge in [0.1, 0.15) is 44.4 Å². The van der Waals surface area contributed by atoms with E-state index in [1.54, 1.807) is 25.1 Å².